The summed E-state index contributed by atoms with van der Waals surface area (Å²) in [6.07, 6.45) is 9.14. The standard InChI is InChI=1S/C55H39N3O/c1-2-52-46(44-23-13-15-25-53(44)59-52)35-42-32-38-27-26-37(34-51(38)56(42)39-16-6-3-7-17-39)36-28-30-49-47(33-36)54-50(57(49)40-18-8-4-9-19-40)31-29-45-43-22-12-14-24-48(43)58(55(45)54)41-20-10-5-11-21-41/h2-35,50,54H,1H3/b46-35-,52-2+. The molecule has 1 aliphatic carbocycles. The molecule has 0 N–H and O–H groups in total. The van der Waals surface area contributed by atoms with Crippen molar-refractivity contribution < 1.29 is 4.42 Å². The second kappa shape index (κ2) is 13.3. The smallest absolute Gasteiger partial charge is 0.135 e. The molecule has 0 saturated heterocycles. The third-order valence-corrected chi connectivity index (χ3v) is 12.4. The molecule has 1 aliphatic heterocycles. The molecule has 4 nitrogen and oxygen atoms in total. The van der Waals surface area contributed by atoms with Gasteiger partial charge in [-0.1, -0.05) is 121 Å². The van der Waals surface area contributed by atoms with Crippen LogP contribution < -0.4 is 15.5 Å². The summed E-state index contributed by atoms with van der Waals surface area (Å²) in [5.41, 5.74) is 16.4. The van der Waals surface area contributed by atoms with Gasteiger partial charge >= 0.3 is 0 Å². The fourth-order valence-corrected chi connectivity index (χ4v) is 9.89. The van der Waals surface area contributed by atoms with Gasteiger partial charge in [0.05, 0.1) is 23.0 Å². The van der Waals surface area contributed by atoms with Gasteiger partial charge in [0.25, 0.3) is 0 Å². The van der Waals surface area contributed by atoms with Crippen molar-refractivity contribution in [2.45, 2.75) is 18.9 Å². The van der Waals surface area contributed by atoms with Crippen LogP contribution in [0.4, 0.5) is 11.4 Å². The number of aromatic nitrogens is 2. The summed E-state index contributed by atoms with van der Waals surface area (Å²) in [5, 5.41) is 4.67. The number of benzene rings is 7. The molecule has 4 heterocycles. The van der Waals surface area contributed by atoms with Gasteiger partial charge in [-0.05, 0) is 109 Å². The van der Waals surface area contributed by atoms with Gasteiger partial charge in [0.2, 0.25) is 0 Å². The Kier molecular flexibility index (Phi) is 7.54. The molecule has 7 aromatic carbocycles. The van der Waals surface area contributed by atoms with Gasteiger partial charge in [0, 0.05) is 61.1 Å². The molecule has 10 aromatic rings. The first kappa shape index (κ1) is 33.6. The fourth-order valence-electron chi connectivity index (χ4n) is 9.89. The zero-order chi connectivity index (χ0) is 39.0. The van der Waals surface area contributed by atoms with Crippen LogP contribution in [0.5, 0.6) is 0 Å². The molecular formula is C55H39N3O. The highest BCUT2D eigenvalue weighted by Crippen LogP contribution is 2.54. The van der Waals surface area contributed by atoms with E-state index in [9.17, 15) is 0 Å². The second-order valence-corrected chi connectivity index (χ2v) is 15.6. The first-order valence-electron chi connectivity index (χ1n) is 20.5. The fraction of sp³-hybridized carbons (Fsp3) is 0.0545. The predicted molar refractivity (Wildman–Crippen MR) is 244 cm³/mol. The summed E-state index contributed by atoms with van der Waals surface area (Å²) < 4.78 is 11.2. The van der Waals surface area contributed by atoms with Crippen LogP contribution in [0.15, 0.2) is 192 Å². The summed E-state index contributed by atoms with van der Waals surface area (Å²) in [5.74, 6) is 0.102. The lowest BCUT2D eigenvalue weighted by atomic mass is 9.84. The zero-order valence-electron chi connectivity index (χ0n) is 32.5. The first-order valence-corrected chi connectivity index (χ1v) is 20.5. The van der Waals surface area contributed by atoms with Crippen molar-refractivity contribution in [3.8, 4) is 22.5 Å². The lowest BCUT2D eigenvalue weighted by molar-refractivity contribution is 0.575. The van der Waals surface area contributed by atoms with E-state index in [0.29, 0.717) is 0 Å². The second-order valence-electron chi connectivity index (χ2n) is 15.6. The number of furan rings is 1. The van der Waals surface area contributed by atoms with Gasteiger partial charge in [0.15, 0.2) is 0 Å². The number of hydrogen-bond donors (Lipinski definition) is 0. The first-order chi connectivity index (χ1) is 29.2. The van der Waals surface area contributed by atoms with Crippen molar-refractivity contribution in [3.63, 3.8) is 0 Å². The Labute approximate surface area is 342 Å². The minimum absolute atomic E-state index is 0.102. The zero-order valence-corrected chi connectivity index (χ0v) is 32.5. The maximum atomic E-state index is 6.29. The van der Waals surface area contributed by atoms with Gasteiger partial charge in [-0.2, -0.15) is 0 Å². The van der Waals surface area contributed by atoms with Crippen LogP contribution in [-0.4, -0.2) is 15.2 Å². The maximum absolute atomic E-state index is 6.29. The van der Waals surface area contributed by atoms with Crippen molar-refractivity contribution in [1.29, 1.82) is 0 Å². The van der Waals surface area contributed by atoms with Crippen molar-refractivity contribution in [1.82, 2.24) is 9.13 Å². The third-order valence-electron chi connectivity index (χ3n) is 12.4. The molecule has 0 saturated carbocycles. The lowest BCUT2D eigenvalue weighted by Crippen LogP contribution is -2.31. The summed E-state index contributed by atoms with van der Waals surface area (Å²) in [4.78, 5) is 2.55. The van der Waals surface area contributed by atoms with Crippen molar-refractivity contribution in [3.05, 3.63) is 221 Å². The predicted octanol–water partition coefficient (Wildman–Crippen LogP) is 12.3. The van der Waals surface area contributed by atoms with Crippen molar-refractivity contribution >= 4 is 62.4 Å². The highest BCUT2D eigenvalue weighted by molar-refractivity contribution is 5.96. The third kappa shape index (κ3) is 5.16. The number of fused-ring (bicyclic) bond motifs is 9. The minimum Gasteiger partial charge on any atom is -0.456 e. The molecule has 0 radical (unpaired) electrons. The number of rotatable bonds is 5. The van der Waals surface area contributed by atoms with Crippen LogP contribution in [0, 0.1) is 0 Å². The molecule has 2 atom stereocenters. The number of para-hydroxylation sites is 5. The molecule has 3 aromatic heterocycles. The lowest BCUT2D eigenvalue weighted by Gasteiger charge is -2.31. The Bertz CT molecular complexity index is 3410. The summed E-state index contributed by atoms with van der Waals surface area (Å²) in [7, 11) is 0. The summed E-state index contributed by atoms with van der Waals surface area (Å²) in [6, 6.07) is 66.1. The normalized spacial score (nSPS) is 16.3. The average molecular weight is 758 g/mol. The monoisotopic (exact) mass is 757 g/mol. The van der Waals surface area contributed by atoms with Crippen molar-refractivity contribution in [2.24, 2.45) is 0 Å². The molecule has 12 rings (SSSR count). The average Bonchev–Trinajstić information content (AvgIpc) is 4.04. The van der Waals surface area contributed by atoms with E-state index in [4.69, 9.17) is 4.42 Å². The maximum Gasteiger partial charge on any atom is 0.135 e. The molecule has 4 heteroatoms. The molecule has 0 amide bonds. The van der Waals surface area contributed by atoms with E-state index in [1.54, 1.807) is 0 Å². The van der Waals surface area contributed by atoms with Gasteiger partial charge in [-0.25, -0.2) is 0 Å². The van der Waals surface area contributed by atoms with E-state index < -0.39 is 0 Å². The molecule has 0 fully saturated rings. The minimum atomic E-state index is 0.102. The van der Waals surface area contributed by atoms with Crippen LogP contribution in [0.2, 0.25) is 0 Å². The van der Waals surface area contributed by atoms with Crippen LogP contribution in [0.1, 0.15) is 35.4 Å². The number of hydrogen-bond acceptors (Lipinski definition) is 2. The Hall–Kier alpha value is -7.56. The van der Waals surface area contributed by atoms with Crippen LogP contribution in [0.3, 0.4) is 0 Å². The molecule has 280 valence electrons. The highest BCUT2D eigenvalue weighted by atomic mass is 16.3. The Morgan fingerprint density at radius 3 is 1.97 bits per heavy atom. The van der Waals surface area contributed by atoms with Gasteiger partial charge in [0.1, 0.15) is 11.0 Å². The van der Waals surface area contributed by atoms with Gasteiger partial charge < -0.3 is 18.5 Å². The summed E-state index contributed by atoms with van der Waals surface area (Å²) in [6.45, 7) is 2.04. The SMILES string of the molecule is C/C=c1/oc2ccccc2/c1=C/c1cc2ccc(-c3ccc4c(c3)C3c5c(c6ccccc6n5-c5ccccc5)C=CC3N4c3ccccc3)cc2n1-c1ccccc1. The Balaban J connectivity index is 1.07. The van der Waals surface area contributed by atoms with Crippen LogP contribution >= 0.6 is 0 Å². The number of anilines is 2. The van der Waals surface area contributed by atoms with Crippen molar-refractivity contribution in [2.75, 3.05) is 4.90 Å². The van der Waals surface area contributed by atoms with E-state index >= 15 is 0 Å². The largest absolute Gasteiger partial charge is 0.456 e. The molecule has 0 spiro atoms. The van der Waals surface area contributed by atoms with Gasteiger partial charge in [-0.15, -0.1) is 0 Å². The molecule has 2 unspecified atom stereocenters. The van der Waals surface area contributed by atoms with Crippen LogP contribution in [-0.2, 0) is 0 Å². The highest BCUT2D eigenvalue weighted by Gasteiger charge is 2.44. The van der Waals surface area contributed by atoms with E-state index in [2.05, 4.69) is 208 Å². The molecule has 0 bridgehead atoms. The van der Waals surface area contributed by atoms with E-state index in [0.717, 1.165) is 38.5 Å². The number of nitrogens with zero attached hydrogens (tertiary/aromatic N) is 3. The topological polar surface area (TPSA) is 26.2 Å². The Morgan fingerprint density at radius 2 is 1.20 bits per heavy atom. The quantitative estimate of drug-likeness (QED) is 0.175. The van der Waals surface area contributed by atoms with E-state index in [-0.39, 0.29) is 12.0 Å². The van der Waals surface area contributed by atoms with Crippen LogP contribution in [0.25, 0.3) is 73.5 Å². The van der Waals surface area contributed by atoms with E-state index in [1.807, 2.05) is 19.1 Å². The summed E-state index contributed by atoms with van der Waals surface area (Å²) >= 11 is 0. The van der Waals surface area contributed by atoms with E-state index in [1.165, 1.54) is 61.3 Å². The molecule has 59 heavy (non-hydrogen) atoms. The Morgan fingerprint density at radius 1 is 0.559 bits per heavy atom. The molecule has 2 aliphatic rings. The molecular weight excluding hydrogens is 719 g/mol. The van der Waals surface area contributed by atoms with Gasteiger partial charge in [-0.3, -0.25) is 0 Å².